The normalized spacial score (nSPS) is 12.7. The second-order valence-corrected chi connectivity index (χ2v) is 4.36. The summed E-state index contributed by atoms with van der Waals surface area (Å²) >= 11 is 0. The van der Waals surface area contributed by atoms with Crippen LogP contribution in [0.2, 0.25) is 0 Å². The summed E-state index contributed by atoms with van der Waals surface area (Å²) in [5, 5.41) is 10.8. The molecule has 2 nitrogen and oxygen atoms in total. The Bertz CT molecular complexity index is 155. The quantitative estimate of drug-likeness (QED) is 0.523. The maximum Gasteiger partial charge on any atom is 0.0445 e. The fourth-order valence-electron chi connectivity index (χ4n) is 1.84. The average Bonchev–Trinajstić information content (AvgIpc) is 2.21. The number of aliphatic carboxylic acids is 1. The number of hydrogen-bond donors (Lipinski definition) is 0. The zero-order valence-electron chi connectivity index (χ0n) is 10.3. The second-order valence-electron chi connectivity index (χ2n) is 4.36. The lowest BCUT2D eigenvalue weighted by Crippen LogP contribution is -2.31. The van der Waals surface area contributed by atoms with Crippen LogP contribution in [0.3, 0.4) is 0 Å². The number of carbonyl (C=O) groups is 1. The topological polar surface area (TPSA) is 40.1 Å². The van der Waals surface area contributed by atoms with Crippen LogP contribution in [-0.4, -0.2) is 5.97 Å². The summed E-state index contributed by atoms with van der Waals surface area (Å²) in [5.74, 6) is -1.05. The van der Waals surface area contributed by atoms with E-state index >= 15 is 0 Å². The predicted octanol–water partition coefficient (Wildman–Crippen LogP) is 2.90. The highest BCUT2D eigenvalue weighted by molar-refractivity contribution is 5.67. The lowest BCUT2D eigenvalue weighted by molar-refractivity contribution is -0.312. The third-order valence-electron chi connectivity index (χ3n) is 2.90. The summed E-state index contributed by atoms with van der Waals surface area (Å²) < 4.78 is 0. The molecular weight excluding hydrogens is 188 g/mol. The van der Waals surface area contributed by atoms with Gasteiger partial charge in [-0.2, -0.15) is 0 Å². The summed E-state index contributed by atoms with van der Waals surface area (Å²) in [6.45, 7) is 4.30. The lowest BCUT2D eigenvalue weighted by atomic mass is 9.95. The van der Waals surface area contributed by atoms with Gasteiger partial charge in [-0.1, -0.05) is 58.8 Å². The third-order valence-corrected chi connectivity index (χ3v) is 2.90. The molecule has 0 amide bonds. The molecule has 1 atom stereocenters. The average molecular weight is 213 g/mol. The van der Waals surface area contributed by atoms with E-state index in [-0.39, 0.29) is 5.92 Å². The Balaban J connectivity index is 3.59. The molecule has 0 bridgehead atoms. The number of unbranched alkanes of at least 4 members (excludes halogenated alkanes) is 5. The lowest BCUT2D eigenvalue weighted by Gasteiger charge is -2.17. The molecule has 2 heteroatoms. The van der Waals surface area contributed by atoms with Gasteiger partial charge in [-0.05, 0) is 18.8 Å². The summed E-state index contributed by atoms with van der Waals surface area (Å²) in [6, 6.07) is 0. The zero-order chi connectivity index (χ0) is 11.5. The van der Waals surface area contributed by atoms with E-state index in [1.165, 1.54) is 12.8 Å². The van der Waals surface area contributed by atoms with E-state index in [0.717, 1.165) is 44.9 Å². The van der Waals surface area contributed by atoms with Crippen LogP contribution in [0.15, 0.2) is 0 Å². The van der Waals surface area contributed by atoms with Gasteiger partial charge in [0.05, 0.1) is 0 Å². The number of rotatable bonds is 10. The van der Waals surface area contributed by atoms with Gasteiger partial charge in [0.1, 0.15) is 0 Å². The number of carbonyl (C=O) groups excluding carboxylic acids is 1. The molecule has 0 radical (unpaired) electrons. The molecular formula is C13H25O2-. The first-order valence-electron chi connectivity index (χ1n) is 6.43. The van der Waals surface area contributed by atoms with Crippen molar-refractivity contribution in [2.45, 2.75) is 71.6 Å². The predicted molar refractivity (Wildman–Crippen MR) is 61.4 cm³/mol. The first-order chi connectivity index (χ1) is 7.22. The SMILES string of the molecule is CCCCCCC(CCCCC)C(=O)[O-]. The van der Waals surface area contributed by atoms with Crippen molar-refractivity contribution in [1.29, 1.82) is 0 Å². The highest BCUT2D eigenvalue weighted by Crippen LogP contribution is 2.17. The Morgan fingerprint density at radius 1 is 0.933 bits per heavy atom. The number of carboxylic acids is 1. The Morgan fingerprint density at radius 3 is 1.87 bits per heavy atom. The molecule has 0 spiro atoms. The molecule has 0 aliphatic heterocycles. The highest BCUT2D eigenvalue weighted by atomic mass is 16.4. The van der Waals surface area contributed by atoms with Crippen molar-refractivity contribution >= 4 is 5.97 Å². The van der Waals surface area contributed by atoms with Crippen LogP contribution in [0.1, 0.15) is 71.6 Å². The van der Waals surface area contributed by atoms with Crippen molar-refractivity contribution < 1.29 is 9.90 Å². The Kier molecular flexibility index (Phi) is 9.65. The molecule has 1 unspecified atom stereocenters. The number of hydrogen-bond acceptors (Lipinski definition) is 2. The minimum absolute atomic E-state index is 0.201. The zero-order valence-corrected chi connectivity index (χ0v) is 10.3. The summed E-state index contributed by atoms with van der Waals surface area (Å²) in [7, 11) is 0. The standard InChI is InChI=1S/C13H26O2/c1-3-5-7-9-11-12(13(14)15)10-8-6-4-2/h12H,3-11H2,1-2H3,(H,14,15)/p-1. The van der Waals surface area contributed by atoms with Crippen LogP contribution >= 0.6 is 0 Å². The van der Waals surface area contributed by atoms with Crippen LogP contribution in [0.4, 0.5) is 0 Å². The molecule has 0 aliphatic rings. The van der Waals surface area contributed by atoms with Gasteiger partial charge in [0.2, 0.25) is 0 Å². The van der Waals surface area contributed by atoms with E-state index in [1.54, 1.807) is 0 Å². The number of carboxylic acid groups (broad SMARTS) is 1. The van der Waals surface area contributed by atoms with Crippen molar-refractivity contribution in [3.63, 3.8) is 0 Å². The third kappa shape index (κ3) is 8.46. The molecule has 90 valence electrons. The van der Waals surface area contributed by atoms with Crippen molar-refractivity contribution in [3.05, 3.63) is 0 Å². The van der Waals surface area contributed by atoms with Gasteiger partial charge in [0, 0.05) is 5.97 Å². The van der Waals surface area contributed by atoms with Gasteiger partial charge in [0.25, 0.3) is 0 Å². The van der Waals surface area contributed by atoms with Gasteiger partial charge in [-0.25, -0.2) is 0 Å². The molecule has 0 N–H and O–H groups in total. The maximum absolute atomic E-state index is 10.8. The smallest absolute Gasteiger partial charge is 0.0445 e. The fraction of sp³-hybridized carbons (Fsp3) is 0.923. The van der Waals surface area contributed by atoms with Crippen molar-refractivity contribution in [1.82, 2.24) is 0 Å². The molecule has 0 saturated heterocycles. The van der Waals surface area contributed by atoms with E-state index in [2.05, 4.69) is 13.8 Å². The minimum atomic E-state index is -0.845. The molecule has 15 heavy (non-hydrogen) atoms. The van der Waals surface area contributed by atoms with Crippen LogP contribution in [0, 0.1) is 5.92 Å². The Hall–Kier alpha value is -0.530. The molecule has 0 heterocycles. The molecule has 0 rings (SSSR count). The van der Waals surface area contributed by atoms with Crippen LogP contribution in [0.5, 0.6) is 0 Å². The van der Waals surface area contributed by atoms with Crippen molar-refractivity contribution in [3.8, 4) is 0 Å². The summed E-state index contributed by atoms with van der Waals surface area (Å²) in [5.41, 5.74) is 0. The maximum atomic E-state index is 10.8. The van der Waals surface area contributed by atoms with Crippen LogP contribution < -0.4 is 5.11 Å². The molecule has 0 aromatic carbocycles. The molecule has 0 fully saturated rings. The molecule has 0 aromatic rings. The van der Waals surface area contributed by atoms with Crippen LogP contribution in [0.25, 0.3) is 0 Å². The Labute approximate surface area is 94.1 Å². The highest BCUT2D eigenvalue weighted by Gasteiger charge is 2.08. The first-order valence-corrected chi connectivity index (χ1v) is 6.43. The summed E-state index contributed by atoms with van der Waals surface area (Å²) in [4.78, 5) is 10.8. The summed E-state index contributed by atoms with van der Waals surface area (Å²) in [6.07, 6.45) is 9.55. The van der Waals surface area contributed by atoms with Crippen molar-refractivity contribution in [2.75, 3.05) is 0 Å². The first kappa shape index (κ1) is 14.5. The Morgan fingerprint density at radius 2 is 1.40 bits per heavy atom. The minimum Gasteiger partial charge on any atom is -0.550 e. The van der Waals surface area contributed by atoms with Gasteiger partial charge in [-0.15, -0.1) is 0 Å². The van der Waals surface area contributed by atoms with Gasteiger partial charge in [0.15, 0.2) is 0 Å². The van der Waals surface area contributed by atoms with Gasteiger partial charge in [-0.3, -0.25) is 0 Å². The molecule has 0 aliphatic carbocycles. The van der Waals surface area contributed by atoms with Crippen LogP contribution in [-0.2, 0) is 4.79 Å². The fourth-order valence-corrected chi connectivity index (χ4v) is 1.84. The monoisotopic (exact) mass is 213 g/mol. The van der Waals surface area contributed by atoms with Gasteiger partial charge < -0.3 is 9.90 Å². The van der Waals surface area contributed by atoms with Gasteiger partial charge >= 0.3 is 0 Å². The van der Waals surface area contributed by atoms with Crippen molar-refractivity contribution in [2.24, 2.45) is 5.92 Å². The van der Waals surface area contributed by atoms with E-state index in [1.807, 2.05) is 0 Å². The largest absolute Gasteiger partial charge is 0.550 e. The molecule has 0 saturated carbocycles. The van der Waals surface area contributed by atoms with E-state index in [0.29, 0.717) is 0 Å². The molecule has 0 aromatic heterocycles. The van der Waals surface area contributed by atoms with E-state index in [4.69, 9.17) is 0 Å². The van der Waals surface area contributed by atoms with E-state index < -0.39 is 5.97 Å². The second kappa shape index (κ2) is 10.0. The van der Waals surface area contributed by atoms with E-state index in [9.17, 15) is 9.90 Å².